The molecule has 0 saturated heterocycles. The quantitative estimate of drug-likeness (QED) is 0.774. The molecule has 3 N–H and O–H groups in total. The maximum absolute atomic E-state index is 11.8. The minimum atomic E-state index is -0.345. The second kappa shape index (κ2) is 7.00. The Hall–Kier alpha value is -0.570. The molecular weight excluding hydrogens is 212 g/mol. The molecule has 1 unspecified atom stereocenters. The number of carbonyl (C=O) groups is 1. The SMILES string of the molecule is CCC(C)[C@H](N)C(=O)NCC1CCC(C)CC1. The Kier molecular flexibility index (Phi) is 5.96. The molecule has 0 heterocycles. The average Bonchev–Trinajstić information content (AvgIpc) is 2.35. The fourth-order valence-electron chi connectivity index (χ4n) is 2.41. The van der Waals surface area contributed by atoms with Gasteiger partial charge >= 0.3 is 0 Å². The van der Waals surface area contributed by atoms with Gasteiger partial charge in [-0.25, -0.2) is 0 Å². The summed E-state index contributed by atoms with van der Waals surface area (Å²) in [5.74, 6) is 1.82. The van der Waals surface area contributed by atoms with Gasteiger partial charge < -0.3 is 11.1 Å². The van der Waals surface area contributed by atoms with Crippen molar-refractivity contribution in [3.05, 3.63) is 0 Å². The highest BCUT2D eigenvalue weighted by molar-refractivity contribution is 5.81. The number of nitrogens with one attached hydrogen (secondary N) is 1. The minimum Gasteiger partial charge on any atom is -0.354 e. The lowest BCUT2D eigenvalue weighted by atomic mass is 9.83. The average molecular weight is 240 g/mol. The van der Waals surface area contributed by atoms with E-state index in [1.807, 2.05) is 6.92 Å². The van der Waals surface area contributed by atoms with Crippen molar-refractivity contribution < 1.29 is 4.79 Å². The highest BCUT2D eigenvalue weighted by Crippen LogP contribution is 2.27. The second-order valence-corrected chi connectivity index (χ2v) is 5.78. The molecule has 1 aliphatic carbocycles. The van der Waals surface area contributed by atoms with Gasteiger partial charge in [0.25, 0.3) is 0 Å². The Morgan fingerprint density at radius 1 is 1.35 bits per heavy atom. The van der Waals surface area contributed by atoms with Gasteiger partial charge in [0.05, 0.1) is 6.04 Å². The topological polar surface area (TPSA) is 55.1 Å². The van der Waals surface area contributed by atoms with Gasteiger partial charge in [-0.15, -0.1) is 0 Å². The summed E-state index contributed by atoms with van der Waals surface area (Å²) < 4.78 is 0. The van der Waals surface area contributed by atoms with Crippen LogP contribution in [0, 0.1) is 17.8 Å². The van der Waals surface area contributed by atoms with E-state index in [0.717, 1.165) is 18.9 Å². The van der Waals surface area contributed by atoms with Crippen molar-refractivity contribution in [3.8, 4) is 0 Å². The number of hydrogen-bond donors (Lipinski definition) is 2. The van der Waals surface area contributed by atoms with E-state index in [4.69, 9.17) is 5.73 Å². The molecule has 0 aromatic heterocycles. The predicted octanol–water partition coefficient (Wildman–Crippen LogP) is 2.30. The zero-order chi connectivity index (χ0) is 12.8. The number of hydrogen-bond acceptors (Lipinski definition) is 2. The van der Waals surface area contributed by atoms with Crippen LogP contribution in [0.5, 0.6) is 0 Å². The smallest absolute Gasteiger partial charge is 0.237 e. The van der Waals surface area contributed by atoms with Gasteiger partial charge in [0.2, 0.25) is 5.91 Å². The molecule has 1 saturated carbocycles. The van der Waals surface area contributed by atoms with Crippen LogP contribution in [0.3, 0.4) is 0 Å². The van der Waals surface area contributed by atoms with E-state index in [2.05, 4.69) is 19.2 Å². The summed E-state index contributed by atoms with van der Waals surface area (Å²) in [5.41, 5.74) is 5.90. The van der Waals surface area contributed by atoms with Gasteiger partial charge in [0.15, 0.2) is 0 Å². The summed E-state index contributed by atoms with van der Waals surface area (Å²) in [7, 11) is 0. The molecule has 0 bridgehead atoms. The Balaban J connectivity index is 2.23. The van der Waals surface area contributed by atoms with Crippen LogP contribution >= 0.6 is 0 Å². The molecule has 1 rings (SSSR count). The maximum atomic E-state index is 11.8. The lowest BCUT2D eigenvalue weighted by molar-refractivity contribution is -0.123. The molecule has 1 fully saturated rings. The number of nitrogens with two attached hydrogens (primary N) is 1. The fraction of sp³-hybridized carbons (Fsp3) is 0.929. The Morgan fingerprint density at radius 3 is 2.47 bits per heavy atom. The fourth-order valence-corrected chi connectivity index (χ4v) is 2.41. The summed E-state index contributed by atoms with van der Waals surface area (Å²) in [4.78, 5) is 11.8. The standard InChI is InChI=1S/C14H28N2O/c1-4-11(3)13(15)14(17)16-9-12-7-5-10(2)6-8-12/h10-13H,4-9,15H2,1-3H3,(H,16,17)/t10?,11?,12?,13-/m0/s1. The van der Waals surface area contributed by atoms with Crippen molar-refractivity contribution >= 4 is 5.91 Å². The number of carbonyl (C=O) groups excluding carboxylic acids is 1. The predicted molar refractivity (Wildman–Crippen MR) is 71.6 cm³/mol. The molecule has 17 heavy (non-hydrogen) atoms. The van der Waals surface area contributed by atoms with Gasteiger partial charge in [0.1, 0.15) is 0 Å². The van der Waals surface area contributed by atoms with Crippen molar-refractivity contribution in [1.82, 2.24) is 5.32 Å². The van der Waals surface area contributed by atoms with Crippen LogP contribution in [-0.4, -0.2) is 18.5 Å². The van der Waals surface area contributed by atoms with Gasteiger partial charge in [-0.05, 0) is 30.6 Å². The van der Waals surface area contributed by atoms with Crippen molar-refractivity contribution in [1.29, 1.82) is 0 Å². The third-order valence-electron chi connectivity index (χ3n) is 4.26. The van der Waals surface area contributed by atoms with E-state index in [1.165, 1.54) is 25.7 Å². The van der Waals surface area contributed by atoms with E-state index in [-0.39, 0.29) is 17.9 Å². The molecule has 100 valence electrons. The summed E-state index contributed by atoms with van der Waals surface area (Å²) in [6.45, 7) is 7.23. The monoisotopic (exact) mass is 240 g/mol. The van der Waals surface area contributed by atoms with Gasteiger partial charge in [-0.3, -0.25) is 4.79 Å². The van der Waals surface area contributed by atoms with Crippen molar-refractivity contribution in [2.24, 2.45) is 23.5 Å². The molecule has 0 spiro atoms. The molecule has 3 nitrogen and oxygen atoms in total. The van der Waals surface area contributed by atoms with Crippen LogP contribution in [0.25, 0.3) is 0 Å². The normalized spacial score (nSPS) is 28.5. The summed E-state index contributed by atoms with van der Waals surface area (Å²) in [6.07, 6.45) is 6.06. The van der Waals surface area contributed by atoms with E-state index in [0.29, 0.717) is 5.92 Å². The summed E-state index contributed by atoms with van der Waals surface area (Å²) >= 11 is 0. The van der Waals surface area contributed by atoms with E-state index in [1.54, 1.807) is 0 Å². The molecule has 3 heteroatoms. The number of rotatable bonds is 5. The van der Waals surface area contributed by atoms with Crippen LogP contribution < -0.4 is 11.1 Å². The van der Waals surface area contributed by atoms with E-state index in [9.17, 15) is 4.79 Å². The lowest BCUT2D eigenvalue weighted by Gasteiger charge is -2.27. The molecule has 0 aliphatic heterocycles. The van der Waals surface area contributed by atoms with E-state index < -0.39 is 0 Å². The largest absolute Gasteiger partial charge is 0.354 e. The van der Waals surface area contributed by atoms with Crippen molar-refractivity contribution in [3.63, 3.8) is 0 Å². The zero-order valence-electron chi connectivity index (χ0n) is 11.5. The van der Waals surface area contributed by atoms with Crippen LogP contribution in [-0.2, 0) is 4.79 Å². The Bertz CT molecular complexity index is 234. The zero-order valence-corrected chi connectivity index (χ0v) is 11.5. The molecular formula is C14H28N2O. The van der Waals surface area contributed by atoms with Crippen LogP contribution in [0.4, 0.5) is 0 Å². The van der Waals surface area contributed by atoms with Crippen molar-refractivity contribution in [2.75, 3.05) is 6.54 Å². The molecule has 2 atom stereocenters. The van der Waals surface area contributed by atoms with Crippen molar-refractivity contribution in [2.45, 2.75) is 58.9 Å². The lowest BCUT2D eigenvalue weighted by Crippen LogP contribution is -2.46. The first-order valence-electron chi connectivity index (χ1n) is 7.07. The van der Waals surface area contributed by atoms with Gasteiger partial charge in [-0.2, -0.15) is 0 Å². The van der Waals surface area contributed by atoms with Gasteiger partial charge in [0, 0.05) is 6.54 Å². The van der Waals surface area contributed by atoms with E-state index >= 15 is 0 Å². The molecule has 0 radical (unpaired) electrons. The Labute approximate surface area is 106 Å². The molecule has 1 amide bonds. The first-order chi connectivity index (χ1) is 8.04. The van der Waals surface area contributed by atoms with Crippen LogP contribution in [0.15, 0.2) is 0 Å². The number of amides is 1. The van der Waals surface area contributed by atoms with Gasteiger partial charge in [-0.1, -0.05) is 40.0 Å². The molecule has 0 aromatic rings. The third-order valence-corrected chi connectivity index (χ3v) is 4.26. The second-order valence-electron chi connectivity index (χ2n) is 5.78. The summed E-state index contributed by atoms with van der Waals surface area (Å²) in [5, 5.41) is 3.02. The first-order valence-corrected chi connectivity index (χ1v) is 7.07. The summed E-state index contributed by atoms with van der Waals surface area (Å²) in [6, 6.07) is -0.345. The highest BCUT2D eigenvalue weighted by atomic mass is 16.2. The minimum absolute atomic E-state index is 0.0259. The highest BCUT2D eigenvalue weighted by Gasteiger charge is 2.22. The molecule has 1 aliphatic rings. The van der Waals surface area contributed by atoms with Crippen LogP contribution in [0.2, 0.25) is 0 Å². The van der Waals surface area contributed by atoms with Crippen LogP contribution in [0.1, 0.15) is 52.9 Å². The Morgan fingerprint density at radius 2 is 1.94 bits per heavy atom. The maximum Gasteiger partial charge on any atom is 0.237 e. The third kappa shape index (κ3) is 4.66. The molecule has 0 aromatic carbocycles. The first kappa shape index (κ1) is 14.5.